The van der Waals surface area contributed by atoms with E-state index in [4.69, 9.17) is 0 Å². The lowest BCUT2D eigenvalue weighted by Gasteiger charge is -2.15. The first-order valence-corrected chi connectivity index (χ1v) is 13.3. The second kappa shape index (κ2) is 10.5. The standard InChI is InChI=1S/C25H22F4N6O4S/c1-11-12(10-36)6-13(26)7-19(11)40(38,39)35-18-5-4-17(27)20(22(18)29)15-2-3-16-23(21(15)28)33-34-24(16)25(37)32-14-8-30-31-9-14/h2-7,14,30-31,35-36H,8-10H2,1H3,(H,32,37)(H,33,34). The van der Waals surface area contributed by atoms with E-state index >= 15 is 8.78 Å². The van der Waals surface area contributed by atoms with Gasteiger partial charge >= 0.3 is 0 Å². The number of carbonyl (C=O) groups is 1. The van der Waals surface area contributed by atoms with Crippen LogP contribution in [-0.2, 0) is 16.6 Å². The van der Waals surface area contributed by atoms with Crippen molar-refractivity contribution >= 4 is 32.5 Å². The van der Waals surface area contributed by atoms with Crippen molar-refractivity contribution in [3.8, 4) is 11.1 Å². The van der Waals surface area contributed by atoms with Crippen LogP contribution in [0.3, 0.4) is 0 Å². The van der Waals surface area contributed by atoms with E-state index in [1.54, 1.807) is 0 Å². The summed E-state index contributed by atoms with van der Waals surface area (Å²) in [4.78, 5) is 12.1. The Morgan fingerprint density at radius 1 is 1.07 bits per heavy atom. The maximum atomic E-state index is 15.6. The molecule has 1 fully saturated rings. The Morgan fingerprint density at radius 3 is 2.50 bits per heavy atom. The molecule has 6 N–H and O–H groups in total. The van der Waals surface area contributed by atoms with Crippen molar-refractivity contribution in [2.24, 2.45) is 0 Å². The quantitative estimate of drug-likeness (QED) is 0.185. The van der Waals surface area contributed by atoms with Gasteiger partial charge in [0.25, 0.3) is 15.9 Å². The molecule has 2 heterocycles. The first kappa shape index (κ1) is 27.5. The van der Waals surface area contributed by atoms with E-state index in [9.17, 15) is 27.1 Å². The monoisotopic (exact) mass is 578 g/mol. The zero-order chi connectivity index (χ0) is 28.8. The lowest BCUT2D eigenvalue weighted by molar-refractivity contribution is 0.0938. The minimum absolute atomic E-state index is 0.000329. The fraction of sp³-hybridized carbons (Fsp3) is 0.200. The average molecular weight is 579 g/mol. The highest BCUT2D eigenvalue weighted by Crippen LogP contribution is 2.36. The van der Waals surface area contributed by atoms with Gasteiger partial charge in [0.2, 0.25) is 0 Å². The number of aliphatic hydroxyl groups is 1. The van der Waals surface area contributed by atoms with Crippen LogP contribution >= 0.6 is 0 Å². The summed E-state index contributed by atoms with van der Waals surface area (Å²) in [7, 11) is -4.62. The van der Waals surface area contributed by atoms with Crippen molar-refractivity contribution in [3.63, 3.8) is 0 Å². The van der Waals surface area contributed by atoms with Crippen molar-refractivity contribution in [1.29, 1.82) is 0 Å². The topological polar surface area (TPSA) is 148 Å². The molecule has 5 rings (SSSR count). The number of sulfonamides is 1. The molecule has 0 unspecified atom stereocenters. The molecular formula is C25H22F4N6O4S. The third-order valence-electron chi connectivity index (χ3n) is 6.55. The van der Waals surface area contributed by atoms with Crippen molar-refractivity contribution in [1.82, 2.24) is 26.4 Å². The Morgan fingerprint density at radius 2 is 1.80 bits per heavy atom. The number of aromatic nitrogens is 2. The largest absolute Gasteiger partial charge is 0.392 e. The number of H-pyrrole nitrogens is 1. The van der Waals surface area contributed by atoms with Gasteiger partial charge in [-0.25, -0.2) is 26.0 Å². The summed E-state index contributed by atoms with van der Waals surface area (Å²) in [5.41, 5.74) is 3.13. The van der Waals surface area contributed by atoms with Gasteiger partial charge in [-0.2, -0.15) is 5.10 Å². The van der Waals surface area contributed by atoms with Crippen molar-refractivity contribution in [2.75, 3.05) is 17.8 Å². The minimum Gasteiger partial charge on any atom is -0.392 e. The van der Waals surface area contributed by atoms with Crippen LogP contribution in [0.4, 0.5) is 23.2 Å². The van der Waals surface area contributed by atoms with Crippen LogP contribution in [0, 0.1) is 30.2 Å². The summed E-state index contributed by atoms with van der Waals surface area (Å²) < 4.78 is 87.9. The number of hydrogen-bond acceptors (Lipinski definition) is 7. The van der Waals surface area contributed by atoms with Crippen LogP contribution in [0.15, 0.2) is 41.3 Å². The lowest BCUT2D eigenvalue weighted by Crippen LogP contribution is -2.38. The lowest BCUT2D eigenvalue weighted by atomic mass is 10.0. The Labute approximate surface area is 224 Å². The summed E-state index contributed by atoms with van der Waals surface area (Å²) in [5.74, 6) is -5.29. The molecule has 0 saturated carbocycles. The Kier molecular flexibility index (Phi) is 7.22. The minimum atomic E-state index is -4.62. The number of nitrogens with one attached hydrogen (secondary N) is 5. The molecule has 4 aromatic rings. The van der Waals surface area contributed by atoms with Crippen molar-refractivity contribution in [2.45, 2.75) is 24.5 Å². The van der Waals surface area contributed by atoms with Crippen molar-refractivity contribution in [3.05, 3.63) is 76.5 Å². The predicted octanol–water partition coefficient (Wildman–Crippen LogP) is 2.59. The number of aliphatic hydroxyl groups excluding tert-OH is 1. The first-order valence-electron chi connectivity index (χ1n) is 11.9. The molecule has 1 aliphatic rings. The van der Waals surface area contributed by atoms with Crippen LogP contribution in [0.25, 0.3) is 22.0 Å². The number of fused-ring (bicyclic) bond motifs is 1. The van der Waals surface area contributed by atoms with E-state index in [0.29, 0.717) is 19.2 Å². The number of benzene rings is 3. The van der Waals surface area contributed by atoms with E-state index in [2.05, 4.69) is 26.4 Å². The third-order valence-corrected chi connectivity index (χ3v) is 8.04. The normalized spacial score (nSPS) is 14.2. The van der Waals surface area contributed by atoms with Crippen LogP contribution in [0.1, 0.15) is 21.6 Å². The SMILES string of the molecule is Cc1c(CO)cc(F)cc1S(=O)(=O)Nc1ccc(F)c(-c2ccc3c(C(=O)NC4CNNC4)[nH]nc3c2F)c1F. The van der Waals surface area contributed by atoms with Crippen LogP contribution < -0.4 is 20.9 Å². The molecule has 1 aliphatic heterocycles. The number of halogens is 4. The highest BCUT2D eigenvalue weighted by molar-refractivity contribution is 7.92. The molecule has 40 heavy (non-hydrogen) atoms. The van der Waals surface area contributed by atoms with Crippen LogP contribution in [0.5, 0.6) is 0 Å². The first-order chi connectivity index (χ1) is 19.0. The number of anilines is 1. The Bertz CT molecular complexity index is 1760. The van der Waals surface area contributed by atoms with Crippen LogP contribution in [-0.4, -0.2) is 48.8 Å². The molecule has 15 heteroatoms. The summed E-state index contributed by atoms with van der Waals surface area (Å²) >= 11 is 0. The number of hydrogen-bond donors (Lipinski definition) is 6. The number of hydrazine groups is 1. The molecule has 0 bridgehead atoms. The van der Waals surface area contributed by atoms with Gasteiger partial charge in [0.15, 0.2) is 11.6 Å². The van der Waals surface area contributed by atoms with Gasteiger partial charge in [-0.1, -0.05) is 6.07 Å². The Hall–Kier alpha value is -4.05. The number of carbonyl (C=O) groups excluding carboxylic acids is 1. The van der Waals surface area contributed by atoms with Gasteiger partial charge in [-0.05, 0) is 48.4 Å². The zero-order valence-electron chi connectivity index (χ0n) is 20.7. The van der Waals surface area contributed by atoms with Gasteiger partial charge in [0.1, 0.15) is 22.8 Å². The summed E-state index contributed by atoms with van der Waals surface area (Å²) in [6.07, 6.45) is 0. The molecule has 210 valence electrons. The predicted molar refractivity (Wildman–Crippen MR) is 137 cm³/mol. The second-order valence-electron chi connectivity index (χ2n) is 9.09. The van der Waals surface area contributed by atoms with Gasteiger partial charge in [-0.15, -0.1) is 0 Å². The van der Waals surface area contributed by atoms with Gasteiger partial charge < -0.3 is 10.4 Å². The van der Waals surface area contributed by atoms with E-state index in [-0.39, 0.29) is 33.8 Å². The van der Waals surface area contributed by atoms with E-state index < -0.39 is 67.5 Å². The maximum Gasteiger partial charge on any atom is 0.270 e. The molecule has 1 amide bonds. The molecule has 1 aromatic heterocycles. The number of nitrogens with zero attached hydrogens (tertiary/aromatic N) is 1. The molecule has 3 aromatic carbocycles. The van der Waals surface area contributed by atoms with E-state index in [0.717, 1.165) is 24.3 Å². The Balaban J connectivity index is 1.52. The average Bonchev–Trinajstić information content (AvgIpc) is 3.58. The van der Waals surface area contributed by atoms with Gasteiger partial charge in [0, 0.05) is 24.0 Å². The number of aromatic amines is 1. The molecule has 1 saturated heterocycles. The van der Waals surface area contributed by atoms with Gasteiger partial charge in [0.05, 0.1) is 28.8 Å². The van der Waals surface area contributed by atoms with E-state index in [1.165, 1.54) is 13.0 Å². The summed E-state index contributed by atoms with van der Waals surface area (Å²) in [6, 6.07) is 5.27. The molecule has 0 radical (unpaired) electrons. The highest BCUT2D eigenvalue weighted by Gasteiger charge is 2.27. The summed E-state index contributed by atoms with van der Waals surface area (Å²) in [5, 5.41) is 18.5. The second-order valence-corrected chi connectivity index (χ2v) is 10.7. The molecule has 10 nitrogen and oxygen atoms in total. The fourth-order valence-corrected chi connectivity index (χ4v) is 5.82. The van der Waals surface area contributed by atoms with E-state index in [1.807, 2.05) is 4.72 Å². The molecule has 0 spiro atoms. The summed E-state index contributed by atoms with van der Waals surface area (Å²) in [6.45, 7) is 1.62. The van der Waals surface area contributed by atoms with Gasteiger partial charge in [-0.3, -0.25) is 25.5 Å². The molecular weight excluding hydrogens is 556 g/mol. The highest BCUT2D eigenvalue weighted by atomic mass is 32.2. The molecule has 0 aliphatic carbocycles. The fourth-order valence-electron chi connectivity index (χ4n) is 4.47. The zero-order valence-corrected chi connectivity index (χ0v) is 21.5. The number of rotatable bonds is 7. The third kappa shape index (κ3) is 4.88. The molecule has 0 atom stereocenters. The van der Waals surface area contributed by atoms with Crippen LogP contribution in [0.2, 0.25) is 0 Å². The smallest absolute Gasteiger partial charge is 0.270 e. The number of amides is 1. The maximum absolute atomic E-state index is 15.6. The van der Waals surface area contributed by atoms with Crippen molar-refractivity contribution < 1.29 is 35.9 Å².